The first-order valence-electron chi connectivity index (χ1n) is 8.99. The van der Waals surface area contributed by atoms with E-state index in [9.17, 15) is 9.90 Å². The molecule has 2 aliphatic rings. The summed E-state index contributed by atoms with van der Waals surface area (Å²) in [4.78, 5) is 16.4. The first kappa shape index (κ1) is 17.5. The van der Waals surface area contributed by atoms with Crippen molar-refractivity contribution in [3.05, 3.63) is 0 Å². The summed E-state index contributed by atoms with van der Waals surface area (Å²) >= 11 is 0. The van der Waals surface area contributed by atoms with Crippen LogP contribution >= 0.6 is 0 Å². The summed E-state index contributed by atoms with van der Waals surface area (Å²) in [5, 5.41) is 13.1. The normalized spacial score (nSPS) is 29.5. The van der Waals surface area contributed by atoms with E-state index in [1.807, 2.05) is 7.05 Å². The zero-order chi connectivity index (χ0) is 15.9. The second-order valence-corrected chi connectivity index (χ2v) is 7.13. The number of hydrogen-bond donors (Lipinski definition) is 2. The third kappa shape index (κ3) is 5.13. The van der Waals surface area contributed by atoms with Gasteiger partial charge in [-0.25, -0.2) is 4.79 Å². The van der Waals surface area contributed by atoms with Gasteiger partial charge >= 0.3 is 6.03 Å². The molecule has 5 nitrogen and oxygen atoms in total. The summed E-state index contributed by atoms with van der Waals surface area (Å²) in [6.07, 6.45) is 6.36. The maximum Gasteiger partial charge on any atom is 0.317 e. The van der Waals surface area contributed by atoms with Crippen LogP contribution in [0.2, 0.25) is 0 Å². The van der Waals surface area contributed by atoms with E-state index in [0.717, 1.165) is 32.4 Å². The van der Waals surface area contributed by atoms with E-state index >= 15 is 0 Å². The number of likely N-dealkylation sites (tertiary alicyclic amines) is 1. The molecule has 1 aliphatic carbocycles. The Bertz CT molecular complexity index is 351. The molecule has 2 N–H and O–H groups in total. The van der Waals surface area contributed by atoms with E-state index in [1.54, 1.807) is 4.90 Å². The highest BCUT2D eigenvalue weighted by molar-refractivity contribution is 5.73. The van der Waals surface area contributed by atoms with Gasteiger partial charge in [0.25, 0.3) is 0 Å². The number of aliphatic hydroxyl groups is 1. The molecule has 3 atom stereocenters. The predicted molar refractivity (Wildman–Crippen MR) is 88.8 cm³/mol. The maximum atomic E-state index is 12.2. The quantitative estimate of drug-likeness (QED) is 0.788. The Balaban J connectivity index is 1.66. The molecule has 1 saturated carbocycles. The fourth-order valence-corrected chi connectivity index (χ4v) is 3.80. The van der Waals surface area contributed by atoms with E-state index < -0.39 is 0 Å². The van der Waals surface area contributed by atoms with Crippen LogP contribution < -0.4 is 5.32 Å². The first-order chi connectivity index (χ1) is 10.6. The Morgan fingerprint density at radius 1 is 1.32 bits per heavy atom. The molecule has 2 rings (SSSR count). The SMILES string of the molecule is CCCN1CC[C@H](CNC(=O)N(C)C[C@@H]2CCCC[C@@H]2O)C1. The molecule has 1 heterocycles. The van der Waals surface area contributed by atoms with E-state index in [2.05, 4.69) is 17.1 Å². The Hall–Kier alpha value is -0.810. The lowest BCUT2D eigenvalue weighted by Crippen LogP contribution is -2.44. The van der Waals surface area contributed by atoms with Crippen molar-refractivity contribution in [3.63, 3.8) is 0 Å². The molecular formula is C17H33N3O2. The Labute approximate surface area is 135 Å². The van der Waals surface area contributed by atoms with Crippen LogP contribution in [0.1, 0.15) is 45.4 Å². The zero-order valence-corrected chi connectivity index (χ0v) is 14.3. The standard InChI is InChI=1S/C17H33N3O2/c1-3-9-20-10-8-14(12-20)11-18-17(22)19(2)13-15-6-4-5-7-16(15)21/h14-16,21H,3-13H2,1-2H3,(H,18,22)/t14-,15+,16+/m1/s1. The highest BCUT2D eigenvalue weighted by Gasteiger charge is 2.26. The molecule has 2 amide bonds. The average molecular weight is 311 g/mol. The molecule has 22 heavy (non-hydrogen) atoms. The minimum absolute atomic E-state index is 0.00622. The van der Waals surface area contributed by atoms with Gasteiger partial charge in [-0.1, -0.05) is 19.8 Å². The van der Waals surface area contributed by atoms with Crippen molar-refractivity contribution in [2.75, 3.05) is 39.8 Å². The van der Waals surface area contributed by atoms with Crippen molar-refractivity contribution < 1.29 is 9.90 Å². The lowest BCUT2D eigenvalue weighted by atomic mass is 9.86. The summed E-state index contributed by atoms with van der Waals surface area (Å²) in [5.74, 6) is 0.834. The lowest BCUT2D eigenvalue weighted by molar-refractivity contribution is 0.0564. The fraction of sp³-hybridized carbons (Fsp3) is 0.941. The smallest absolute Gasteiger partial charge is 0.317 e. The third-order valence-corrected chi connectivity index (χ3v) is 5.18. The molecule has 2 fully saturated rings. The molecule has 0 aromatic heterocycles. The topological polar surface area (TPSA) is 55.8 Å². The van der Waals surface area contributed by atoms with Gasteiger partial charge < -0.3 is 20.2 Å². The zero-order valence-electron chi connectivity index (χ0n) is 14.3. The van der Waals surface area contributed by atoms with Crippen molar-refractivity contribution in [2.24, 2.45) is 11.8 Å². The number of rotatable bonds is 6. The second kappa shape index (κ2) is 8.73. The molecule has 0 unspecified atom stereocenters. The van der Waals surface area contributed by atoms with Crippen molar-refractivity contribution in [2.45, 2.75) is 51.6 Å². The minimum atomic E-state index is -0.235. The van der Waals surface area contributed by atoms with Crippen molar-refractivity contribution in [1.82, 2.24) is 15.1 Å². The molecular weight excluding hydrogens is 278 g/mol. The van der Waals surface area contributed by atoms with Crippen LogP contribution in [0.15, 0.2) is 0 Å². The molecule has 0 bridgehead atoms. The van der Waals surface area contributed by atoms with Crippen LogP contribution in [0.3, 0.4) is 0 Å². The predicted octanol–water partition coefficient (Wildman–Crippen LogP) is 1.91. The number of nitrogens with zero attached hydrogens (tertiary/aromatic N) is 2. The monoisotopic (exact) mass is 311 g/mol. The van der Waals surface area contributed by atoms with Gasteiger partial charge in [0.05, 0.1) is 6.10 Å². The fourth-order valence-electron chi connectivity index (χ4n) is 3.80. The van der Waals surface area contributed by atoms with Crippen LogP contribution in [0.5, 0.6) is 0 Å². The number of carbonyl (C=O) groups is 1. The number of hydrogen-bond acceptors (Lipinski definition) is 3. The van der Waals surface area contributed by atoms with Crippen LogP contribution in [0.4, 0.5) is 4.79 Å². The van der Waals surface area contributed by atoms with Gasteiger partial charge in [-0.05, 0) is 44.7 Å². The van der Waals surface area contributed by atoms with Gasteiger partial charge in [0.1, 0.15) is 0 Å². The van der Waals surface area contributed by atoms with E-state index in [4.69, 9.17) is 0 Å². The van der Waals surface area contributed by atoms with Crippen LogP contribution in [-0.4, -0.2) is 66.8 Å². The summed E-state index contributed by atoms with van der Waals surface area (Å²) in [6, 6.07) is 0.00622. The molecule has 0 aromatic rings. The molecule has 0 radical (unpaired) electrons. The Morgan fingerprint density at radius 3 is 2.82 bits per heavy atom. The number of aliphatic hydroxyl groups excluding tert-OH is 1. The lowest BCUT2D eigenvalue weighted by Gasteiger charge is -2.31. The van der Waals surface area contributed by atoms with Crippen molar-refractivity contribution in [1.29, 1.82) is 0 Å². The highest BCUT2D eigenvalue weighted by atomic mass is 16.3. The van der Waals surface area contributed by atoms with E-state index in [1.165, 1.54) is 32.4 Å². The van der Waals surface area contributed by atoms with Gasteiger partial charge in [-0.2, -0.15) is 0 Å². The average Bonchev–Trinajstić information content (AvgIpc) is 2.95. The summed E-state index contributed by atoms with van der Waals surface area (Å²) in [6.45, 7) is 7.10. The van der Waals surface area contributed by atoms with Crippen LogP contribution in [-0.2, 0) is 0 Å². The molecule has 0 aromatic carbocycles. The van der Waals surface area contributed by atoms with Crippen molar-refractivity contribution in [3.8, 4) is 0 Å². The van der Waals surface area contributed by atoms with Gasteiger partial charge in [0, 0.05) is 32.6 Å². The molecule has 5 heteroatoms. The van der Waals surface area contributed by atoms with E-state index in [-0.39, 0.29) is 18.1 Å². The number of carbonyl (C=O) groups excluding carboxylic acids is 1. The summed E-state index contributed by atoms with van der Waals surface area (Å²) < 4.78 is 0. The number of nitrogens with one attached hydrogen (secondary N) is 1. The third-order valence-electron chi connectivity index (χ3n) is 5.18. The largest absolute Gasteiger partial charge is 0.393 e. The second-order valence-electron chi connectivity index (χ2n) is 7.13. The van der Waals surface area contributed by atoms with E-state index in [0.29, 0.717) is 12.5 Å². The van der Waals surface area contributed by atoms with Gasteiger partial charge in [0.15, 0.2) is 0 Å². The highest BCUT2D eigenvalue weighted by Crippen LogP contribution is 2.24. The molecule has 128 valence electrons. The minimum Gasteiger partial charge on any atom is -0.393 e. The van der Waals surface area contributed by atoms with Gasteiger partial charge in [-0.3, -0.25) is 0 Å². The van der Waals surface area contributed by atoms with Crippen LogP contribution in [0.25, 0.3) is 0 Å². The molecule has 1 saturated heterocycles. The summed E-state index contributed by atoms with van der Waals surface area (Å²) in [7, 11) is 1.84. The van der Waals surface area contributed by atoms with Crippen molar-refractivity contribution >= 4 is 6.03 Å². The van der Waals surface area contributed by atoms with Gasteiger partial charge in [0.2, 0.25) is 0 Å². The maximum absolute atomic E-state index is 12.2. The first-order valence-corrected chi connectivity index (χ1v) is 8.99. The number of urea groups is 1. The van der Waals surface area contributed by atoms with Crippen LogP contribution in [0, 0.1) is 11.8 Å². The number of amides is 2. The summed E-state index contributed by atoms with van der Waals surface area (Å²) in [5.41, 5.74) is 0. The van der Waals surface area contributed by atoms with Gasteiger partial charge in [-0.15, -0.1) is 0 Å². The molecule has 0 spiro atoms. The molecule has 1 aliphatic heterocycles. The Morgan fingerprint density at radius 2 is 2.09 bits per heavy atom. The Kier molecular flexibility index (Phi) is 6.96.